The molecule has 0 aliphatic rings. The van der Waals surface area contributed by atoms with Crippen LogP contribution in [0, 0.1) is 6.92 Å². The Hall–Kier alpha value is -2.83. The molecule has 0 atom stereocenters. The summed E-state index contributed by atoms with van der Waals surface area (Å²) in [5, 5.41) is 13.4. The molecule has 0 aliphatic heterocycles. The van der Waals surface area contributed by atoms with Gasteiger partial charge in [0.15, 0.2) is 0 Å². The molecule has 0 saturated carbocycles. The molecule has 5 nitrogen and oxygen atoms in total. The van der Waals surface area contributed by atoms with Crippen molar-refractivity contribution in [2.45, 2.75) is 6.92 Å². The number of fused-ring (bicyclic) bond motifs is 1. The summed E-state index contributed by atoms with van der Waals surface area (Å²) in [7, 11) is 0. The van der Waals surface area contributed by atoms with Crippen LogP contribution in [0.25, 0.3) is 22.2 Å². The molecule has 0 radical (unpaired) electrons. The van der Waals surface area contributed by atoms with Gasteiger partial charge in [0.2, 0.25) is 5.13 Å². The molecule has 0 bridgehead atoms. The molecule has 0 saturated heterocycles. The number of pyridine rings is 1. The Morgan fingerprint density at radius 3 is 2.58 bits per heavy atom. The normalized spacial score (nSPS) is 10.8. The molecule has 1 N–H and O–H groups in total. The van der Waals surface area contributed by atoms with Crippen LogP contribution >= 0.6 is 22.9 Å². The van der Waals surface area contributed by atoms with Gasteiger partial charge < -0.3 is 0 Å². The standard InChI is InChI=1S/C19H13ClN4OS/c1-11-23-24-19(26-11)22-18(25)15-10-17(12-6-8-13(20)9-7-12)21-16-5-3-2-4-14(15)16/h2-10H,1H3,(H,22,24,25). The Morgan fingerprint density at radius 1 is 1.08 bits per heavy atom. The summed E-state index contributed by atoms with van der Waals surface area (Å²) in [6.07, 6.45) is 0. The molecule has 128 valence electrons. The van der Waals surface area contributed by atoms with Gasteiger partial charge in [-0.15, -0.1) is 10.2 Å². The Kier molecular flexibility index (Phi) is 4.36. The van der Waals surface area contributed by atoms with E-state index in [1.165, 1.54) is 11.3 Å². The summed E-state index contributed by atoms with van der Waals surface area (Å²) in [5.41, 5.74) is 2.88. The Bertz CT molecular complexity index is 1110. The first-order valence-electron chi connectivity index (χ1n) is 7.87. The number of amides is 1. The first kappa shape index (κ1) is 16.6. The monoisotopic (exact) mass is 380 g/mol. The lowest BCUT2D eigenvalue weighted by atomic mass is 10.0. The fraction of sp³-hybridized carbons (Fsp3) is 0.0526. The van der Waals surface area contributed by atoms with E-state index < -0.39 is 0 Å². The number of hydrogen-bond donors (Lipinski definition) is 1. The van der Waals surface area contributed by atoms with Crippen LogP contribution in [0.3, 0.4) is 0 Å². The van der Waals surface area contributed by atoms with E-state index in [0.717, 1.165) is 21.5 Å². The molecule has 0 unspecified atom stereocenters. The van der Waals surface area contributed by atoms with Crippen LogP contribution in [0.1, 0.15) is 15.4 Å². The van der Waals surface area contributed by atoms with Crippen LogP contribution in [-0.4, -0.2) is 21.1 Å². The second-order valence-electron chi connectivity index (χ2n) is 5.66. The summed E-state index contributed by atoms with van der Waals surface area (Å²) in [6, 6.07) is 16.7. The van der Waals surface area contributed by atoms with Crippen molar-refractivity contribution in [1.29, 1.82) is 0 Å². The number of nitrogens with one attached hydrogen (secondary N) is 1. The van der Waals surface area contributed by atoms with Crippen LogP contribution in [0.4, 0.5) is 5.13 Å². The maximum atomic E-state index is 12.9. The van der Waals surface area contributed by atoms with Gasteiger partial charge in [-0.25, -0.2) is 4.98 Å². The average molecular weight is 381 g/mol. The molecule has 2 heterocycles. The zero-order valence-electron chi connectivity index (χ0n) is 13.7. The highest BCUT2D eigenvalue weighted by Gasteiger charge is 2.15. The number of anilines is 1. The van der Waals surface area contributed by atoms with E-state index in [2.05, 4.69) is 20.5 Å². The van der Waals surface area contributed by atoms with Crippen molar-refractivity contribution in [2.75, 3.05) is 5.32 Å². The van der Waals surface area contributed by atoms with Gasteiger partial charge in [-0.2, -0.15) is 0 Å². The predicted octanol–water partition coefficient (Wildman–Crippen LogP) is 4.97. The lowest BCUT2D eigenvalue weighted by molar-refractivity contribution is 0.102. The van der Waals surface area contributed by atoms with Crippen molar-refractivity contribution < 1.29 is 4.79 Å². The molecule has 4 rings (SSSR count). The van der Waals surface area contributed by atoms with Crippen molar-refractivity contribution in [3.63, 3.8) is 0 Å². The molecular formula is C19H13ClN4OS. The van der Waals surface area contributed by atoms with Crippen LogP contribution in [-0.2, 0) is 0 Å². The number of rotatable bonds is 3. The Labute approximate surface area is 158 Å². The minimum atomic E-state index is -0.241. The highest BCUT2D eigenvalue weighted by atomic mass is 35.5. The minimum absolute atomic E-state index is 0.241. The Balaban J connectivity index is 1.81. The first-order valence-corrected chi connectivity index (χ1v) is 9.07. The van der Waals surface area contributed by atoms with Gasteiger partial charge in [-0.1, -0.05) is 53.3 Å². The molecular weight excluding hydrogens is 368 g/mol. The molecule has 2 aromatic heterocycles. The third kappa shape index (κ3) is 3.29. The predicted molar refractivity (Wildman–Crippen MR) is 105 cm³/mol. The van der Waals surface area contributed by atoms with Crippen LogP contribution in [0.2, 0.25) is 5.02 Å². The van der Waals surface area contributed by atoms with Crippen molar-refractivity contribution in [1.82, 2.24) is 15.2 Å². The van der Waals surface area contributed by atoms with Gasteiger partial charge in [-0.05, 0) is 31.2 Å². The number of aromatic nitrogens is 3. The lowest BCUT2D eigenvalue weighted by Crippen LogP contribution is -2.13. The molecule has 0 fully saturated rings. The zero-order valence-corrected chi connectivity index (χ0v) is 15.3. The molecule has 0 aliphatic carbocycles. The second-order valence-corrected chi connectivity index (χ2v) is 7.28. The number of benzene rings is 2. The maximum Gasteiger partial charge on any atom is 0.258 e. The second kappa shape index (κ2) is 6.82. The zero-order chi connectivity index (χ0) is 18.1. The lowest BCUT2D eigenvalue weighted by Gasteiger charge is -2.09. The topological polar surface area (TPSA) is 67.8 Å². The molecule has 4 aromatic rings. The van der Waals surface area contributed by atoms with Crippen LogP contribution in [0.5, 0.6) is 0 Å². The highest BCUT2D eigenvalue weighted by Crippen LogP contribution is 2.27. The molecule has 26 heavy (non-hydrogen) atoms. The SMILES string of the molecule is Cc1nnc(NC(=O)c2cc(-c3ccc(Cl)cc3)nc3ccccc23)s1. The van der Waals surface area contributed by atoms with Gasteiger partial charge in [0.25, 0.3) is 5.91 Å². The number of aryl methyl sites for hydroxylation is 1. The quantitative estimate of drug-likeness (QED) is 0.545. The van der Waals surface area contributed by atoms with E-state index in [1.807, 2.05) is 43.3 Å². The molecule has 1 amide bonds. The largest absolute Gasteiger partial charge is 0.296 e. The van der Waals surface area contributed by atoms with E-state index in [0.29, 0.717) is 21.4 Å². The third-order valence-electron chi connectivity index (χ3n) is 3.85. The van der Waals surface area contributed by atoms with E-state index in [9.17, 15) is 4.79 Å². The summed E-state index contributed by atoms with van der Waals surface area (Å²) >= 11 is 7.31. The number of para-hydroxylation sites is 1. The first-order chi connectivity index (χ1) is 12.6. The number of carbonyl (C=O) groups excluding carboxylic acids is 1. The molecule has 7 heteroatoms. The van der Waals surface area contributed by atoms with Gasteiger partial charge in [0, 0.05) is 16.0 Å². The van der Waals surface area contributed by atoms with Crippen LogP contribution < -0.4 is 5.32 Å². The van der Waals surface area contributed by atoms with E-state index in [1.54, 1.807) is 18.2 Å². The minimum Gasteiger partial charge on any atom is -0.296 e. The number of hydrogen-bond acceptors (Lipinski definition) is 5. The Morgan fingerprint density at radius 2 is 1.85 bits per heavy atom. The number of halogens is 1. The van der Waals surface area contributed by atoms with Crippen molar-refractivity contribution in [3.05, 3.63) is 70.2 Å². The number of nitrogens with zero attached hydrogens (tertiary/aromatic N) is 3. The molecule has 2 aromatic carbocycles. The maximum absolute atomic E-state index is 12.9. The fourth-order valence-corrected chi connectivity index (χ4v) is 3.36. The van der Waals surface area contributed by atoms with Gasteiger partial charge in [0.05, 0.1) is 16.8 Å². The van der Waals surface area contributed by atoms with Crippen molar-refractivity contribution in [3.8, 4) is 11.3 Å². The smallest absolute Gasteiger partial charge is 0.258 e. The van der Waals surface area contributed by atoms with E-state index in [4.69, 9.17) is 11.6 Å². The van der Waals surface area contributed by atoms with Gasteiger partial charge >= 0.3 is 0 Å². The average Bonchev–Trinajstić information content (AvgIpc) is 3.06. The summed E-state index contributed by atoms with van der Waals surface area (Å²) in [6.45, 7) is 1.84. The molecule has 0 spiro atoms. The van der Waals surface area contributed by atoms with Crippen molar-refractivity contribution in [2.24, 2.45) is 0 Å². The van der Waals surface area contributed by atoms with Crippen LogP contribution in [0.15, 0.2) is 54.6 Å². The summed E-state index contributed by atoms with van der Waals surface area (Å²) < 4.78 is 0. The van der Waals surface area contributed by atoms with Gasteiger partial charge in [-0.3, -0.25) is 10.1 Å². The van der Waals surface area contributed by atoms with E-state index in [-0.39, 0.29) is 5.91 Å². The summed E-state index contributed by atoms with van der Waals surface area (Å²) in [4.78, 5) is 17.5. The van der Waals surface area contributed by atoms with Crippen molar-refractivity contribution >= 4 is 44.9 Å². The van der Waals surface area contributed by atoms with Gasteiger partial charge in [0.1, 0.15) is 5.01 Å². The highest BCUT2D eigenvalue weighted by molar-refractivity contribution is 7.15. The third-order valence-corrected chi connectivity index (χ3v) is 4.85. The van der Waals surface area contributed by atoms with E-state index >= 15 is 0 Å². The summed E-state index contributed by atoms with van der Waals surface area (Å²) in [5.74, 6) is -0.241. The fourth-order valence-electron chi connectivity index (χ4n) is 2.64. The number of carbonyl (C=O) groups is 1.